The number of ether oxygens (including phenoxy) is 1. The third-order valence-electron chi connectivity index (χ3n) is 3.95. The number of nitrogens with zero attached hydrogens (tertiary/aromatic N) is 1. The van der Waals surface area contributed by atoms with E-state index in [0.717, 1.165) is 38.7 Å². The topological polar surface area (TPSA) is 58.6 Å². The molecular formula is C15H24N2O3S2. The monoisotopic (exact) mass is 344 g/mol. The van der Waals surface area contributed by atoms with E-state index in [1.54, 1.807) is 4.90 Å². The highest BCUT2D eigenvalue weighted by Gasteiger charge is 2.32. The lowest BCUT2D eigenvalue weighted by atomic mass is 10.1. The van der Waals surface area contributed by atoms with Crippen LogP contribution in [0.25, 0.3) is 0 Å². The number of thioether (sulfide) groups is 1. The van der Waals surface area contributed by atoms with Crippen LogP contribution in [0.4, 0.5) is 0 Å². The van der Waals surface area contributed by atoms with E-state index in [9.17, 15) is 9.59 Å². The van der Waals surface area contributed by atoms with Crippen LogP contribution in [0.5, 0.6) is 0 Å². The maximum Gasteiger partial charge on any atom is 0.241 e. The fraction of sp³-hybridized carbons (Fsp3) is 0.800. The van der Waals surface area contributed by atoms with Gasteiger partial charge in [-0.05, 0) is 32.6 Å². The highest BCUT2D eigenvalue weighted by atomic mass is 32.2. The van der Waals surface area contributed by atoms with Crippen LogP contribution in [0.1, 0.15) is 45.4 Å². The highest BCUT2D eigenvalue weighted by molar-refractivity contribution is 8.24. The zero-order valence-corrected chi connectivity index (χ0v) is 14.6. The summed E-state index contributed by atoms with van der Waals surface area (Å²) in [5.74, 6) is 0.205. The predicted octanol–water partition coefficient (Wildman–Crippen LogP) is 2.09. The van der Waals surface area contributed by atoms with E-state index in [1.165, 1.54) is 11.8 Å². The summed E-state index contributed by atoms with van der Waals surface area (Å²) in [5.41, 5.74) is 0. The lowest BCUT2D eigenvalue weighted by Crippen LogP contribution is -2.32. The molecule has 2 rings (SSSR count). The number of rotatable bonds is 8. The SMILES string of the molecule is CC1SC(=S)N(CCCCCC(=O)NCC2CCCO2)C1=O. The number of carbonyl (C=O) groups is 2. The minimum absolute atomic E-state index is 0.0453. The summed E-state index contributed by atoms with van der Waals surface area (Å²) >= 11 is 6.65. The summed E-state index contributed by atoms with van der Waals surface area (Å²) in [6.07, 6.45) is 5.53. The Balaban J connectivity index is 1.51. The van der Waals surface area contributed by atoms with Crippen molar-refractivity contribution in [3.05, 3.63) is 0 Å². The first-order valence-electron chi connectivity index (χ1n) is 7.98. The Bertz CT molecular complexity index is 425. The molecule has 0 saturated carbocycles. The number of amides is 2. The quantitative estimate of drug-likeness (QED) is 0.540. The van der Waals surface area contributed by atoms with E-state index >= 15 is 0 Å². The number of carbonyl (C=O) groups excluding carboxylic acids is 2. The van der Waals surface area contributed by atoms with Gasteiger partial charge in [-0.25, -0.2) is 0 Å². The standard InChI is InChI=1S/C15H24N2O3S2/c1-11-14(19)17(15(21)22-11)8-4-2-3-7-13(18)16-10-12-6-5-9-20-12/h11-12H,2-10H2,1H3,(H,16,18). The molecule has 0 bridgehead atoms. The van der Waals surface area contributed by atoms with Crippen LogP contribution in [-0.4, -0.2) is 52.1 Å². The molecule has 124 valence electrons. The summed E-state index contributed by atoms with van der Waals surface area (Å²) in [7, 11) is 0. The molecule has 0 aliphatic carbocycles. The van der Waals surface area contributed by atoms with E-state index in [0.29, 0.717) is 23.8 Å². The Labute approximate surface area is 141 Å². The second kappa shape index (κ2) is 8.84. The number of unbranched alkanes of at least 4 members (excludes halogenated alkanes) is 2. The fourth-order valence-corrected chi connectivity index (χ4v) is 4.08. The van der Waals surface area contributed by atoms with Crippen LogP contribution in [-0.2, 0) is 14.3 Å². The number of nitrogens with one attached hydrogen (secondary N) is 1. The first kappa shape index (κ1) is 17.7. The van der Waals surface area contributed by atoms with Crippen molar-refractivity contribution < 1.29 is 14.3 Å². The van der Waals surface area contributed by atoms with Crippen LogP contribution >= 0.6 is 24.0 Å². The van der Waals surface area contributed by atoms with Crippen LogP contribution in [0, 0.1) is 0 Å². The normalized spacial score (nSPS) is 25.0. The Hall–Kier alpha value is -0.660. The van der Waals surface area contributed by atoms with Crippen molar-refractivity contribution in [2.75, 3.05) is 19.7 Å². The molecule has 0 aromatic carbocycles. The van der Waals surface area contributed by atoms with Crippen molar-refractivity contribution in [2.45, 2.75) is 56.8 Å². The van der Waals surface area contributed by atoms with Crippen molar-refractivity contribution in [1.29, 1.82) is 0 Å². The summed E-state index contributed by atoms with van der Waals surface area (Å²) in [6.45, 7) is 4.00. The molecule has 2 aliphatic rings. The molecule has 2 unspecified atom stereocenters. The van der Waals surface area contributed by atoms with Gasteiger partial charge >= 0.3 is 0 Å². The third kappa shape index (κ3) is 5.21. The Kier molecular flexibility index (Phi) is 7.11. The zero-order valence-electron chi connectivity index (χ0n) is 13.0. The minimum atomic E-state index is -0.0453. The van der Waals surface area contributed by atoms with Gasteiger partial charge in [-0.15, -0.1) is 0 Å². The Morgan fingerprint density at radius 1 is 1.45 bits per heavy atom. The summed E-state index contributed by atoms with van der Waals surface area (Å²) in [5, 5.41) is 2.88. The average Bonchev–Trinajstić information content (AvgIpc) is 3.08. The molecule has 0 aromatic heterocycles. The molecular weight excluding hydrogens is 320 g/mol. The predicted molar refractivity (Wildman–Crippen MR) is 91.8 cm³/mol. The van der Waals surface area contributed by atoms with Crippen molar-refractivity contribution in [3.63, 3.8) is 0 Å². The van der Waals surface area contributed by atoms with Crippen LogP contribution in [0.2, 0.25) is 0 Å². The molecule has 2 atom stereocenters. The van der Waals surface area contributed by atoms with Crippen molar-refractivity contribution >= 4 is 40.1 Å². The molecule has 0 aromatic rings. The van der Waals surface area contributed by atoms with Crippen molar-refractivity contribution in [3.8, 4) is 0 Å². The molecule has 0 spiro atoms. The van der Waals surface area contributed by atoms with Crippen LogP contribution < -0.4 is 5.32 Å². The van der Waals surface area contributed by atoms with E-state index in [2.05, 4.69) is 5.32 Å². The molecule has 2 fully saturated rings. The second-order valence-electron chi connectivity index (χ2n) is 5.77. The van der Waals surface area contributed by atoms with Gasteiger partial charge in [0.25, 0.3) is 0 Å². The molecule has 1 N–H and O–H groups in total. The lowest BCUT2D eigenvalue weighted by Gasteiger charge is -2.15. The highest BCUT2D eigenvalue weighted by Crippen LogP contribution is 2.26. The van der Waals surface area contributed by atoms with E-state index in [-0.39, 0.29) is 23.2 Å². The summed E-state index contributed by atoms with van der Waals surface area (Å²) in [4.78, 5) is 25.2. The van der Waals surface area contributed by atoms with Gasteiger partial charge in [0.2, 0.25) is 11.8 Å². The van der Waals surface area contributed by atoms with Crippen LogP contribution in [0.3, 0.4) is 0 Å². The summed E-state index contributed by atoms with van der Waals surface area (Å²) in [6, 6.07) is 0. The molecule has 2 saturated heterocycles. The average molecular weight is 345 g/mol. The smallest absolute Gasteiger partial charge is 0.241 e. The molecule has 5 nitrogen and oxygen atoms in total. The zero-order chi connectivity index (χ0) is 15.9. The van der Waals surface area contributed by atoms with Gasteiger partial charge in [-0.3, -0.25) is 14.5 Å². The Morgan fingerprint density at radius 3 is 2.91 bits per heavy atom. The van der Waals surface area contributed by atoms with Gasteiger partial charge in [-0.1, -0.05) is 30.4 Å². The molecule has 7 heteroatoms. The number of thiocarbonyl (C=S) groups is 1. The maximum absolute atomic E-state index is 11.8. The number of hydrogen-bond acceptors (Lipinski definition) is 5. The first-order valence-corrected chi connectivity index (χ1v) is 9.27. The summed E-state index contributed by atoms with van der Waals surface area (Å²) < 4.78 is 6.15. The van der Waals surface area contributed by atoms with Gasteiger partial charge in [0.15, 0.2) is 0 Å². The van der Waals surface area contributed by atoms with E-state index in [4.69, 9.17) is 17.0 Å². The third-order valence-corrected chi connectivity index (χ3v) is 5.43. The van der Waals surface area contributed by atoms with Crippen molar-refractivity contribution in [1.82, 2.24) is 10.2 Å². The fourth-order valence-electron chi connectivity index (χ4n) is 2.63. The number of hydrogen-bond donors (Lipinski definition) is 1. The van der Waals surface area contributed by atoms with E-state index < -0.39 is 0 Å². The molecule has 2 amide bonds. The van der Waals surface area contributed by atoms with Gasteiger partial charge in [0.05, 0.1) is 11.4 Å². The molecule has 22 heavy (non-hydrogen) atoms. The molecule has 2 aliphatic heterocycles. The second-order valence-corrected chi connectivity index (χ2v) is 7.74. The maximum atomic E-state index is 11.8. The first-order chi connectivity index (χ1) is 10.6. The molecule has 2 heterocycles. The Morgan fingerprint density at radius 2 is 2.27 bits per heavy atom. The minimum Gasteiger partial charge on any atom is -0.376 e. The van der Waals surface area contributed by atoms with Crippen LogP contribution in [0.15, 0.2) is 0 Å². The van der Waals surface area contributed by atoms with Gasteiger partial charge < -0.3 is 10.1 Å². The van der Waals surface area contributed by atoms with Crippen molar-refractivity contribution in [2.24, 2.45) is 0 Å². The van der Waals surface area contributed by atoms with E-state index in [1.807, 2.05) is 6.92 Å². The lowest BCUT2D eigenvalue weighted by molar-refractivity contribution is -0.126. The van der Waals surface area contributed by atoms with Gasteiger partial charge in [0.1, 0.15) is 4.32 Å². The largest absolute Gasteiger partial charge is 0.376 e. The van der Waals surface area contributed by atoms with Gasteiger partial charge in [-0.2, -0.15) is 0 Å². The molecule has 0 radical (unpaired) electrons. The van der Waals surface area contributed by atoms with Gasteiger partial charge in [0, 0.05) is 26.1 Å².